The Bertz CT molecular complexity index is 301. The molecule has 5 nitrogen and oxygen atoms in total. The van der Waals surface area contributed by atoms with E-state index in [9.17, 15) is 8.42 Å². The second-order valence-corrected chi connectivity index (χ2v) is 6.40. The monoisotopic (exact) mass is 320 g/mol. The summed E-state index contributed by atoms with van der Waals surface area (Å²) in [6.07, 6.45) is 8.61. The fourth-order valence-corrected chi connectivity index (χ4v) is 2.55. The van der Waals surface area contributed by atoms with Gasteiger partial charge < -0.3 is 11.3 Å². The fraction of sp³-hybridized carbons (Fsp3) is 1.00. The summed E-state index contributed by atoms with van der Waals surface area (Å²) in [5.41, 5.74) is 0. The molecule has 0 aliphatic rings. The second-order valence-electron chi connectivity index (χ2n) is 4.90. The minimum atomic E-state index is -4.08. The molecule has 0 rings (SSSR count). The number of aliphatic hydroxyl groups excluding tert-OH is 1. The van der Waals surface area contributed by atoms with Crippen molar-refractivity contribution in [2.75, 3.05) is 19.0 Å². The Morgan fingerprint density at radius 1 is 1.05 bits per heavy atom. The van der Waals surface area contributed by atoms with Gasteiger partial charge in [0.05, 0.1) is 12.7 Å². The van der Waals surface area contributed by atoms with Crippen LogP contribution in [0.2, 0.25) is 0 Å². The zero-order valence-electron chi connectivity index (χ0n) is 13.9. The molecule has 1 atom stereocenters. The summed E-state index contributed by atoms with van der Waals surface area (Å²) in [5.74, 6) is -0.541. The van der Waals surface area contributed by atoms with Crippen molar-refractivity contribution >= 4 is 10.1 Å². The van der Waals surface area contributed by atoms with Crippen LogP contribution in [0.1, 0.15) is 59.7 Å². The van der Waals surface area contributed by atoms with Gasteiger partial charge in [0.2, 0.25) is 0 Å². The van der Waals surface area contributed by atoms with Crippen molar-refractivity contribution in [1.82, 2.24) is 0 Å². The van der Waals surface area contributed by atoms with E-state index in [0.717, 1.165) is 19.3 Å². The van der Waals surface area contributed by atoms with Gasteiger partial charge in [-0.2, -0.15) is 8.42 Å². The van der Waals surface area contributed by atoms with Crippen molar-refractivity contribution in [2.45, 2.75) is 64.4 Å². The van der Waals surface area contributed by atoms with Crippen molar-refractivity contribution in [1.29, 1.82) is 0 Å². The van der Waals surface area contributed by atoms with Crippen LogP contribution < -0.4 is 29.6 Å². The Labute approximate surface area is 147 Å². The van der Waals surface area contributed by atoms with Gasteiger partial charge in [-0.05, 0) is 6.42 Å². The molecule has 0 aliphatic heterocycles. The minimum Gasteiger partial charge on any atom is -1.00 e. The second kappa shape index (κ2) is 14.8. The van der Waals surface area contributed by atoms with Crippen molar-refractivity contribution < 1.29 is 53.8 Å². The average molecular weight is 320 g/mol. The van der Waals surface area contributed by atoms with E-state index in [4.69, 9.17) is 14.4 Å². The van der Waals surface area contributed by atoms with Gasteiger partial charge in [-0.25, -0.2) is 0 Å². The molecule has 2 N–H and O–H groups in total. The van der Waals surface area contributed by atoms with E-state index in [2.05, 4.69) is 6.92 Å². The number of hydrogen-bond acceptors (Lipinski definition) is 4. The zero-order valence-corrected chi connectivity index (χ0v) is 15.7. The maximum absolute atomic E-state index is 10.6. The number of unbranched alkanes of at least 4 members (excludes halogenated alkanes) is 7. The molecule has 0 aromatic rings. The van der Waals surface area contributed by atoms with Gasteiger partial charge in [-0.3, -0.25) is 4.55 Å². The van der Waals surface area contributed by atoms with Gasteiger partial charge in [0, 0.05) is 6.61 Å². The molecule has 0 heterocycles. The molecule has 0 radical (unpaired) electrons. The quantitative estimate of drug-likeness (QED) is 0.272. The number of rotatable bonds is 13. The predicted molar refractivity (Wildman–Crippen MR) is 77.0 cm³/mol. The van der Waals surface area contributed by atoms with E-state index >= 15 is 0 Å². The van der Waals surface area contributed by atoms with E-state index < -0.39 is 28.6 Å². The molecule has 0 spiro atoms. The molecule has 0 amide bonds. The molecule has 0 bridgehead atoms. The van der Waals surface area contributed by atoms with E-state index in [1.807, 2.05) is 0 Å². The Hall–Kier alpha value is 0.830. The molecule has 20 heavy (non-hydrogen) atoms. The number of aliphatic hydroxyl groups is 1. The molecule has 0 aromatic carbocycles. The maximum Gasteiger partial charge on any atom is 1.00 e. The van der Waals surface area contributed by atoms with E-state index in [1.165, 1.54) is 32.1 Å². The molecule has 7 heteroatoms. The summed E-state index contributed by atoms with van der Waals surface area (Å²) in [6, 6.07) is 0. The molecular formula is C13H29NaO5S. The Balaban J connectivity index is -0.00000162. The van der Waals surface area contributed by atoms with E-state index in [1.54, 1.807) is 0 Å². The minimum absolute atomic E-state index is 0. The van der Waals surface area contributed by atoms with Crippen LogP contribution in [0.5, 0.6) is 0 Å². The summed E-state index contributed by atoms with van der Waals surface area (Å²) in [7, 11) is -4.08. The van der Waals surface area contributed by atoms with Crippen LogP contribution >= 0.6 is 0 Å². The molecule has 118 valence electrons. The van der Waals surface area contributed by atoms with Gasteiger partial charge in [-0.15, -0.1) is 0 Å². The topological polar surface area (TPSA) is 83.8 Å². The molecule has 0 aliphatic carbocycles. The fourth-order valence-electron chi connectivity index (χ4n) is 1.87. The van der Waals surface area contributed by atoms with Crippen LogP contribution in [0.25, 0.3) is 0 Å². The first-order valence-corrected chi connectivity index (χ1v) is 8.78. The molecular weight excluding hydrogens is 291 g/mol. The average Bonchev–Trinajstić information content (AvgIpc) is 2.34. The summed E-state index contributed by atoms with van der Waals surface area (Å²) in [4.78, 5) is 0. The van der Waals surface area contributed by atoms with Crippen molar-refractivity contribution in [3.8, 4) is 0 Å². The Morgan fingerprint density at radius 3 is 2.00 bits per heavy atom. The van der Waals surface area contributed by atoms with Crippen LogP contribution in [0.3, 0.4) is 0 Å². The van der Waals surface area contributed by atoms with Gasteiger partial charge in [0.1, 0.15) is 5.75 Å². The van der Waals surface area contributed by atoms with Crippen LogP contribution in [0.4, 0.5) is 0 Å². The standard InChI is InChI=1S/C13H28O5S.Na.H/c1-2-3-4-5-6-7-8-9-10-18-13(11-14)12-19(15,16)17;;/h13-14H,2-12H2,1H3,(H,15,16,17);;/q;+1;-1. The van der Waals surface area contributed by atoms with Crippen molar-refractivity contribution in [3.05, 3.63) is 0 Å². The van der Waals surface area contributed by atoms with Crippen LogP contribution in [0.15, 0.2) is 0 Å². The van der Waals surface area contributed by atoms with Crippen LogP contribution in [0, 0.1) is 0 Å². The van der Waals surface area contributed by atoms with Gasteiger partial charge in [-0.1, -0.05) is 51.9 Å². The third-order valence-corrected chi connectivity index (χ3v) is 3.74. The molecule has 0 saturated carbocycles. The normalized spacial score (nSPS) is 12.9. The third kappa shape index (κ3) is 16.9. The first-order valence-electron chi connectivity index (χ1n) is 7.17. The molecule has 0 aromatic heterocycles. The van der Waals surface area contributed by atoms with Crippen molar-refractivity contribution in [2.24, 2.45) is 0 Å². The van der Waals surface area contributed by atoms with Gasteiger partial charge in [0.15, 0.2) is 0 Å². The molecule has 0 saturated heterocycles. The predicted octanol–water partition coefficient (Wildman–Crippen LogP) is -0.491. The SMILES string of the molecule is CCCCCCCCCCOC(CO)CS(=O)(=O)O.[H-].[Na+]. The zero-order chi connectivity index (χ0) is 14.6. The van der Waals surface area contributed by atoms with Gasteiger partial charge >= 0.3 is 29.6 Å². The smallest absolute Gasteiger partial charge is 1.00 e. The van der Waals surface area contributed by atoms with Crippen LogP contribution in [-0.4, -0.2) is 43.1 Å². The summed E-state index contributed by atoms with van der Waals surface area (Å²) < 4.78 is 35.1. The first kappa shape index (κ1) is 23.1. The number of ether oxygens (including phenoxy) is 1. The summed E-state index contributed by atoms with van der Waals surface area (Å²) in [5, 5.41) is 8.91. The molecule has 1 unspecified atom stereocenters. The summed E-state index contributed by atoms with van der Waals surface area (Å²) in [6.45, 7) is 2.23. The Kier molecular flexibility index (Phi) is 17.0. The summed E-state index contributed by atoms with van der Waals surface area (Å²) >= 11 is 0. The van der Waals surface area contributed by atoms with E-state index in [0.29, 0.717) is 6.61 Å². The van der Waals surface area contributed by atoms with Crippen LogP contribution in [-0.2, 0) is 14.9 Å². The van der Waals surface area contributed by atoms with Gasteiger partial charge in [0.25, 0.3) is 10.1 Å². The maximum atomic E-state index is 10.6. The van der Waals surface area contributed by atoms with E-state index in [-0.39, 0.29) is 31.0 Å². The third-order valence-electron chi connectivity index (χ3n) is 2.95. The first-order chi connectivity index (χ1) is 8.99. The largest absolute Gasteiger partial charge is 1.00 e. The number of hydrogen-bond donors (Lipinski definition) is 2. The Morgan fingerprint density at radius 2 is 1.55 bits per heavy atom. The van der Waals surface area contributed by atoms with Crippen molar-refractivity contribution in [3.63, 3.8) is 0 Å². The molecule has 0 fully saturated rings.